The number of carbonyl (C=O) groups is 1. The highest BCUT2D eigenvalue weighted by Crippen LogP contribution is 2.16. The summed E-state index contributed by atoms with van der Waals surface area (Å²) in [5.74, 6) is 1.03. The first-order valence-corrected chi connectivity index (χ1v) is 8.00. The van der Waals surface area contributed by atoms with E-state index in [9.17, 15) is 14.9 Å². The fraction of sp³-hybridized carbons (Fsp3) is 0.500. The highest BCUT2D eigenvalue weighted by Gasteiger charge is 2.15. The molecule has 1 aliphatic rings. The van der Waals surface area contributed by atoms with Gasteiger partial charge in [-0.15, -0.1) is 11.8 Å². The molecule has 6 nitrogen and oxygen atoms in total. The van der Waals surface area contributed by atoms with Crippen LogP contribution in [0.15, 0.2) is 24.3 Å². The van der Waals surface area contributed by atoms with Crippen molar-refractivity contribution in [3.05, 3.63) is 39.9 Å². The van der Waals surface area contributed by atoms with Gasteiger partial charge in [0.15, 0.2) is 0 Å². The van der Waals surface area contributed by atoms with Crippen LogP contribution in [0.5, 0.6) is 0 Å². The number of non-ortho nitro benzene ring substituents is 1. The van der Waals surface area contributed by atoms with Crippen LogP contribution in [0.3, 0.4) is 0 Å². The summed E-state index contributed by atoms with van der Waals surface area (Å²) in [6.07, 6.45) is 2.24. The zero-order valence-electron chi connectivity index (χ0n) is 11.6. The van der Waals surface area contributed by atoms with Crippen molar-refractivity contribution in [3.63, 3.8) is 0 Å². The van der Waals surface area contributed by atoms with Crippen LogP contribution in [0.25, 0.3) is 0 Å². The maximum Gasteiger partial charge on any atom is 0.269 e. The van der Waals surface area contributed by atoms with E-state index in [1.807, 2.05) is 0 Å². The highest BCUT2D eigenvalue weighted by atomic mass is 32.2. The smallest absolute Gasteiger partial charge is 0.269 e. The van der Waals surface area contributed by atoms with Gasteiger partial charge in [-0.2, -0.15) is 0 Å². The van der Waals surface area contributed by atoms with Gasteiger partial charge in [0.1, 0.15) is 0 Å². The average molecular weight is 310 g/mol. The third-order valence-electron chi connectivity index (χ3n) is 3.20. The summed E-state index contributed by atoms with van der Waals surface area (Å²) in [5, 5.41) is 13.4. The van der Waals surface area contributed by atoms with E-state index in [4.69, 9.17) is 4.74 Å². The van der Waals surface area contributed by atoms with E-state index >= 15 is 0 Å². The van der Waals surface area contributed by atoms with Crippen molar-refractivity contribution < 1.29 is 14.5 Å². The van der Waals surface area contributed by atoms with Gasteiger partial charge >= 0.3 is 0 Å². The van der Waals surface area contributed by atoms with E-state index in [1.54, 1.807) is 12.1 Å². The molecule has 1 saturated heterocycles. The van der Waals surface area contributed by atoms with E-state index in [2.05, 4.69) is 5.32 Å². The zero-order chi connectivity index (χ0) is 15.1. The molecule has 21 heavy (non-hydrogen) atoms. The number of nitro groups is 1. The average Bonchev–Trinajstić information content (AvgIpc) is 2.99. The second-order valence-electron chi connectivity index (χ2n) is 4.86. The lowest BCUT2D eigenvalue weighted by Gasteiger charge is -2.10. The Kier molecular flexibility index (Phi) is 6.01. The lowest BCUT2D eigenvalue weighted by Crippen LogP contribution is -2.32. The molecule has 1 heterocycles. The number of thioether (sulfide) groups is 1. The van der Waals surface area contributed by atoms with Crippen molar-refractivity contribution in [1.29, 1.82) is 0 Å². The van der Waals surface area contributed by atoms with E-state index in [0.717, 1.165) is 25.0 Å². The monoisotopic (exact) mass is 310 g/mol. The Morgan fingerprint density at radius 2 is 2.19 bits per heavy atom. The summed E-state index contributed by atoms with van der Waals surface area (Å²) >= 11 is 1.49. The summed E-state index contributed by atoms with van der Waals surface area (Å²) < 4.78 is 5.43. The number of nitrogens with zero attached hydrogens (tertiary/aromatic N) is 1. The molecule has 114 valence electrons. The van der Waals surface area contributed by atoms with Gasteiger partial charge in [0, 0.05) is 31.0 Å². The van der Waals surface area contributed by atoms with Gasteiger partial charge in [0.2, 0.25) is 5.91 Å². The normalized spacial score (nSPS) is 17.6. The molecule has 0 saturated carbocycles. The molecule has 1 fully saturated rings. The molecule has 1 N–H and O–H groups in total. The molecule has 1 aromatic carbocycles. The molecule has 7 heteroatoms. The first-order chi connectivity index (χ1) is 10.1. The third kappa shape index (κ3) is 5.35. The molecule has 2 rings (SSSR count). The third-order valence-corrected chi connectivity index (χ3v) is 4.20. The number of rotatable bonds is 7. The molecule has 1 atom stereocenters. The van der Waals surface area contributed by atoms with Crippen LogP contribution < -0.4 is 5.32 Å². The minimum Gasteiger partial charge on any atom is -0.376 e. The van der Waals surface area contributed by atoms with E-state index in [0.29, 0.717) is 18.1 Å². The Hall–Kier alpha value is -1.60. The Bertz CT molecular complexity index is 486. The van der Waals surface area contributed by atoms with E-state index in [1.165, 1.54) is 23.9 Å². The van der Waals surface area contributed by atoms with Crippen molar-refractivity contribution in [2.45, 2.75) is 24.7 Å². The van der Waals surface area contributed by atoms with Crippen molar-refractivity contribution in [3.8, 4) is 0 Å². The molecule has 0 aliphatic carbocycles. The number of benzene rings is 1. The lowest BCUT2D eigenvalue weighted by atomic mass is 10.2. The number of nitro benzene ring substituents is 1. The molecule has 0 bridgehead atoms. The molecular weight excluding hydrogens is 292 g/mol. The van der Waals surface area contributed by atoms with Gasteiger partial charge in [-0.3, -0.25) is 14.9 Å². The summed E-state index contributed by atoms with van der Waals surface area (Å²) in [4.78, 5) is 21.8. The van der Waals surface area contributed by atoms with Gasteiger partial charge in [0.05, 0.1) is 16.8 Å². The molecule has 1 aromatic rings. The molecule has 1 unspecified atom stereocenters. The van der Waals surface area contributed by atoms with Crippen LogP contribution in [-0.2, 0) is 15.3 Å². The van der Waals surface area contributed by atoms with Gasteiger partial charge in [-0.05, 0) is 18.4 Å². The lowest BCUT2D eigenvalue weighted by molar-refractivity contribution is -0.384. The molecule has 0 spiro atoms. The Morgan fingerprint density at radius 1 is 1.43 bits per heavy atom. The standard InChI is InChI=1S/C14H18N2O4S/c17-14(15-8-13-2-1-7-20-13)10-21-9-11-3-5-12(6-4-11)16(18)19/h3-6,13H,1-2,7-10H2,(H,15,17). The summed E-state index contributed by atoms with van der Waals surface area (Å²) in [6.45, 7) is 1.37. The number of hydrogen-bond acceptors (Lipinski definition) is 5. The quantitative estimate of drug-likeness (QED) is 0.616. The van der Waals surface area contributed by atoms with Crippen LogP contribution in [-0.4, -0.2) is 35.8 Å². The SMILES string of the molecule is O=C(CSCc1ccc([N+](=O)[O-])cc1)NCC1CCCO1. The topological polar surface area (TPSA) is 81.5 Å². The zero-order valence-corrected chi connectivity index (χ0v) is 12.4. The van der Waals surface area contributed by atoms with Crippen LogP contribution in [0.2, 0.25) is 0 Å². The summed E-state index contributed by atoms with van der Waals surface area (Å²) in [5.41, 5.74) is 1.05. The first-order valence-electron chi connectivity index (χ1n) is 6.84. The van der Waals surface area contributed by atoms with Crippen molar-refractivity contribution in [2.24, 2.45) is 0 Å². The largest absolute Gasteiger partial charge is 0.376 e. The Labute approximate surface area is 127 Å². The Balaban J connectivity index is 1.63. The second-order valence-corrected chi connectivity index (χ2v) is 5.84. The predicted molar refractivity (Wildman–Crippen MR) is 81.2 cm³/mol. The maximum absolute atomic E-state index is 11.7. The van der Waals surface area contributed by atoms with E-state index in [-0.39, 0.29) is 17.7 Å². The number of ether oxygens (including phenoxy) is 1. The van der Waals surface area contributed by atoms with Gasteiger partial charge in [0.25, 0.3) is 5.69 Å². The molecule has 1 amide bonds. The first kappa shape index (κ1) is 15.8. The van der Waals surface area contributed by atoms with Crippen LogP contribution in [0, 0.1) is 10.1 Å². The maximum atomic E-state index is 11.7. The van der Waals surface area contributed by atoms with E-state index < -0.39 is 4.92 Å². The summed E-state index contributed by atoms with van der Waals surface area (Å²) in [6, 6.07) is 6.39. The van der Waals surface area contributed by atoms with Crippen molar-refractivity contribution >= 4 is 23.4 Å². The summed E-state index contributed by atoms with van der Waals surface area (Å²) in [7, 11) is 0. The fourth-order valence-corrected chi connectivity index (χ4v) is 2.88. The number of hydrogen-bond donors (Lipinski definition) is 1. The van der Waals surface area contributed by atoms with Gasteiger partial charge in [-0.1, -0.05) is 12.1 Å². The predicted octanol–water partition coefficient (Wildman–Crippen LogP) is 2.12. The molecule has 0 radical (unpaired) electrons. The van der Waals surface area contributed by atoms with Gasteiger partial charge < -0.3 is 10.1 Å². The molecule has 1 aliphatic heterocycles. The van der Waals surface area contributed by atoms with Crippen molar-refractivity contribution in [1.82, 2.24) is 5.32 Å². The molecule has 0 aromatic heterocycles. The number of amides is 1. The van der Waals surface area contributed by atoms with Crippen LogP contribution in [0.1, 0.15) is 18.4 Å². The van der Waals surface area contributed by atoms with Gasteiger partial charge in [-0.25, -0.2) is 0 Å². The number of carbonyl (C=O) groups excluding carboxylic acids is 1. The molecular formula is C14H18N2O4S. The number of nitrogens with one attached hydrogen (secondary N) is 1. The minimum absolute atomic E-state index is 0.00240. The minimum atomic E-state index is -0.421. The Morgan fingerprint density at radius 3 is 2.81 bits per heavy atom. The second kappa shape index (κ2) is 7.99. The fourth-order valence-electron chi connectivity index (χ4n) is 2.06. The van der Waals surface area contributed by atoms with Crippen LogP contribution in [0.4, 0.5) is 5.69 Å². The van der Waals surface area contributed by atoms with Crippen molar-refractivity contribution in [2.75, 3.05) is 18.9 Å². The highest BCUT2D eigenvalue weighted by molar-refractivity contribution is 7.99. The van der Waals surface area contributed by atoms with Crippen LogP contribution >= 0.6 is 11.8 Å².